The van der Waals surface area contributed by atoms with Crippen molar-refractivity contribution < 1.29 is 19.4 Å². The third kappa shape index (κ3) is 4.81. The van der Waals surface area contributed by atoms with E-state index in [0.29, 0.717) is 18.2 Å². The number of rotatable bonds is 8. The van der Waals surface area contributed by atoms with Gasteiger partial charge in [-0.05, 0) is 47.5 Å². The Bertz CT molecular complexity index is 1220. The van der Waals surface area contributed by atoms with Gasteiger partial charge in [0.2, 0.25) is 0 Å². The zero-order valence-corrected chi connectivity index (χ0v) is 17.7. The van der Waals surface area contributed by atoms with E-state index in [1.807, 2.05) is 54.6 Å². The number of halogens is 1. The van der Waals surface area contributed by atoms with E-state index in [-0.39, 0.29) is 6.42 Å². The summed E-state index contributed by atoms with van der Waals surface area (Å²) in [5.74, 6) is 0.611. The molecule has 1 N–H and O–H groups in total. The summed E-state index contributed by atoms with van der Waals surface area (Å²) in [4.78, 5) is 10.8. The first-order chi connectivity index (χ1) is 15.0. The van der Waals surface area contributed by atoms with Crippen LogP contribution in [0.5, 0.6) is 11.5 Å². The van der Waals surface area contributed by atoms with Crippen molar-refractivity contribution >= 4 is 28.5 Å². The Kier molecular flexibility index (Phi) is 6.09. The fourth-order valence-corrected chi connectivity index (χ4v) is 3.62. The third-order valence-electron chi connectivity index (χ3n) is 5.00. The van der Waals surface area contributed by atoms with Gasteiger partial charge in [-0.2, -0.15) is 5.10 Å². The second-order valence-electron chi connectivity index (χ2n) is 7.06. The Balaban J connectivity index is 1.42. The lowest BCUT2D eigenvalue weighted by Gasteiger charge is -2.10. The Morgan fingerprint density at radius 1 is 1.06 bits per heavy atom. The molecule has 0 spiro atoms. The van der Waals surface area contributed by atoms with Crippen LogP contribution in [0.2, 0.25) is 5.02 Å². The minimum absolute atomic E-state index is 0.0345. The van der Waals surface area contributed by atoms with Gasteiger partial charge in [0.05, 0.1) is 36.8 Å². The fraction of sp³-hybridized carbons (Fsp3) is 0.167. The molecule has 0 aliphatic carbocycles. The molecule has 6 nitrogen and oxygen atoms in total. The summed E-state index contributed by atoms with van der Waals surface area (Å²) in [5.41, 5.74) is 3.88. The number of methoxy groups -OCH3 is 1. The Morgan fingerprint density at radius 2 is 1.84 bits per heavy atom. The molecule has 0 fully saturated rings. The number of hydrogen-bond donors (Lipinski definition) is 1. The summed E-state index contributed by atoms with van der Waals surface area (Å²) in [6.45, 7) is 0.763. The second-order valence-corrected chi connectivity index (χ2v) is 7.47. The monoisotopic (exact) mass is 436 g/mol. The highest BCUT2D eigenvalue weighted by molar-refractivity contribution is 6.33. The van der Waals surface area contributed by atoms with Crippen molar-refractivity contribution in [3.05, 3.63) is 77.4 Å². The molecule has 0 aliphatic heterocycles. The highest BCUT2D eigenvalue weighted by Gasteiger charge is 2.08. The molecular formula is C24H21ClN2O4. The maximum absolute atomic E-state index is 10.8. The van der Waals surface area contributed by atoms with Crippen LogP contribution in [-0.2, 0) is 17.9 Å². The molecule has 3 aromatic carbocycles. The van der Waals surface area contributed by atoms with Crippen LogP contribution in [0.1, 0.15) is 12.0 Å². The number of fused-ring (bicyclic) bond motifs is 1. The Labute approximate surface area is 184 Å². The summed E-state index contributed by atoms with van der Waals surface area (Å²) in [6.07, 6.45) is 1.75. The van der Waals surface area contributed by atoms with Crippen LogP contribution in [0, 0.1) is 0 Å². The van der Waals surface area contributed by atoms with E-state index in [1.54, 1.807) is 24.1 Å². The van der Waals surface area contributed by atoms with Crippen molar-refractivity contribution in [2.45, 2.75) is 19.6 Å². The molecule has 158 valence electrons. The predicted octanol–water partition coefficient (Wildman–Crippen LogP) is 5.42. The minimum Gasteiger partial charge on any atom is -0.497 e. The van der Waals surface area contributed by atoms with Gasteiger partial charge >= 0.3 is 5.97 Å². The van der Waals surface area contributed by atoms with E-state index in [4.69, 9.17) is 26.2 Å². The number of ether oxygens (including phenoxy) is 2. The van der Waals surface area contributed by atoms with Gasteiger partial charge in [-0.1, -0.05) is 35.9 Å². The first-order valence-electron chi connectivity index (χ1n) is 9.76. The van der Waals surface area contributed by atoms with Crippen molar-refractivity contribution in [1.29, 1.82) is 0 Å². The van der Waals surface area contributed by atoms with Gasteiger partial charge in [0.1, 0.15) is 18.1 Å². The van der Waals surface area contributed by atoms with Crippen LogP contribution in [0.15, 0.2) is 66.9 Å². The normalized spacial score (nSPS) is 10.9. The van der Waals surface area contributed by atoms with Crippen molar-refractivity contribution in [3.63, 3.8) is 0 Å². The second kappa shape index (κ2) is 9.10. The zero-order valence-electron chi connectivity index (χ0n) is 16.9. The van der Waals surface area contributed by atoms with Crippen LogP contribution in [-0.4, -0.2) is 28.0 Å². The summed E-state index contributed by atoms with van der Waals surface area (Å²) in [6, 6.07) is 19.4. The molecule has 31 heavy (non-hydrogen) atoms. The highest BCUT2D eigenvalue weighted by atomic mass is 35.5. The molecule has 0 saturated heterocycles. The van der Waals surface area contributed by atoms with E-state index < -0.39 is 5.97 Å². The van der Waals surface area contributed by atoms with Crippen LogP contribution in [0.25, 0.3) is 22.0 Å². The maximum Gasteiger partial charge on any atom is 0.305 e. The number of nitrogens with zero attached hydrogens (tertiary/aromatic N) is 2. The molecule has 0 unspecified atom stereocenters. The molecule has 0 amide bonds. The first kappa shape index (κ1) is 20.8. The largest absolute Gasteiger partial charge is 0.497 e. The lowest BCUT2D eigenvalue weighted by atomic mass is 10.0. The van der Waals surface area contributed by atoms with E-state index >= 15 is 0 Å². The highest BCUT2D eigenvalue weighted by Crippen LogP contribution is 2.31. The van der Waals surface area contributed by atoms with Gasteiger partial charge in [0, 0.05) is 10.9 Å². The smallest absolute Gasteiger partial charge is 0.305 e. The van der Waals surface area contributed by atoms with Gasteiger partial charge in [0.25, 0.3) is 0 Å². The summed E-state index contributed by atoms with van der Waals surface area (Å²) in [5, 5.41) is 14.7. The number of hydrogen-bond acceptors (Lipinski definition) is 4. The summed E-state index contributed by atoms with van der Waals surface area (Å²) in [7, 11) is 1.61. The number of aromatic nitrogens is 2. The van der Waals surface area contributed by atoms with Crippen molar-refractivity contribution in [1.82, 2.24) is 9.78 Å². The van der Waals surface area contributed by atoms with E-state index in [2.05, 4.69) is 5.10 Å². The zero-order chi connectivity index (χ0) is 21.8. The molecule has 1 aromatic heterocycles. The topological polar surface area (TPSA) is 73.6 Å². The molecule has 0 bridgehead atoms. The third-order valence-corrected chi connectivity index (χ3v) is 5.31. The molecule has 4 rings (SSSR count). The van der Waals surface area contributed by atoms with Crippen molar-refractivity contribution in [3.8, 4) is 22.6 Å². The molecule has 0 aliphatic rings. The van der Waals surface area contributed by atoms with Gasteiger partial charge in [0.15, 0.2) is 0 Å². The summed E-state index contributed by atoms with van der Waals surface area (Å²) < 4.78 is 12.8. The Morgan fingerprint density at radius 3 is 2.55 bits per heavy atom. The first-order valence-corrected chi connectivity index (χ1v) is 10.1. The van der Waals surface area contributed by atoms with E-state index in [9.17, 15) is 4.79 Å². The average molecular weight is 437 g/mol. The molecule has 4 aromatic rings. The van der Waals surface area contributed by atoms with Crippen LogP contribution in [0.4, 0.5) is 0 Å². The van der Waals surface area contributed by atoms with E-state index in [1.165, 1.54) is 0 Å². The van der Waals surface area contributed by atoms with Crippen LogP contribution >= 0.6 is 11.6 Å². The predicted molar refractivity (Wildman–Crippen MR) is 120 cm³/mol. The van der Waals surface area contributed by atoms with E-state index in [0.717, 1.165) is 39.1 Å². The number of carbonyl (C=O) groups is 1. The van der Waals surface area contributed by atoms with Gasteiger partial charge in [-0.25, -0.2) is 0 Å². The molecule has 0 atom stereocenters. The molecule has 7 heteroatoms. The van der Waals surface area contributed by atoms with Gasteiger partial charge < -0.3 is 14.6 Å². The lowest BCUT2D eigenvalue weighted by molar-refractivity contribution is -0.137. The number of carboxylic acids is 1. The van der Waals surface area contributed by atoms with Gasteiger partial charge in [-0.15, -0.1) is 0 Å². The molecule has 0 radical (unpaired) electrons. The van der Waals surface area contributed by atoms with Crippen molar-refractivity contribution in [2.75, 3.05) is 7.11 Å². The molecule has 0 saturated carbocycles. The average Bonchev–Trinajstić information content (AvgIpc) is 3.19. The van der Waals surface area contributed by atoms with Crippen LogP contribution < -0.4 is 9.47 Å². The quantitative estimate of drug-likeness (QED) is 0.399. The molecule has 1 heterocycles. The fourth-order valence-electron chi connectivity index (χ4n) is 3.34. The van der Waals surface area contributed by atoms with Gasteiger partial charge in [-0.3, -0.25) is 9.48 Å². The minimum atomic E-state index is -0.844. The van der Waals surface area contributed by atoms with Crippen LogP contribution in [0.3, 0.4) is 0 Å². The lowest BCUT2D eigenvalue weighted by Crippen LogP contribution is -2.05. The number of aliphatic carboxylic acids is 1. The number of aryl methyl sites for hydroxylation is 1. The number of carboxylic acid groups (broad SMARTS) is 1. The Hall–Kier alpha value is -3.51. The standard InChI is InChI=1S/C24H21ClN2O4/c1-30-19-6-8-21(22(25)13-19)17-4-2-16(3-5-17)15-31-20-7-9-23-18(12-20)14-26-27(23)11-10-24(28)29/h2-9,12-14H,10-11,15H2,1H3,(H,28,29). The summed E-state index contributed by atoms with van der Waals surface area (Å²) >= 11 is 6.37. The molecular weight excluding hydrogens is 416 g/mol. The van der Waals surface area contributed by atoms with Crippen molar-refractivity contribution in [2.24, 2.45) is 0 Å². The maximum atomic E-state index is 10.8. The SMILES string of the molecule is COc1ccc(-c2ccc(COc3ccc4c(cnn4CCC(=O)O)c3)cc2)c(Cl)c1. The number of benzene rings is 3.